The summed E-state index contributed by atoms with van der Waals surface area (Å²) in [5, 5.41) is 0. The molecular weight excluding hydrogens is 226 g/mol. The molecule has 18 heavy (non-hydrogen) atoms. The second-order valence-electron chi connectivity index (χ2n) is 4.42. The first kappa shape index (κ1) is 12.4. The minimum absolute atomic E-state index is 0.284. The van der Waals surface area contributed by atoms with Crippen molar-refractivity contribution in [1.82, 2.24) is 9.97 Å². The molecule has 94 valence electrons. The Morgan fingerprint density at radius 2 is 1.78 bits per heavy atom. The zero-order valence-electron chi connectivity index (χ0n) is 11.1. The summed E-state index contributed by atoms with van der Waals surface area (Å²) in [4.78, 5) is 8.37. The van der Waals surface area contributed by atoms with Crippen molar-refractivity contribution in [3.63, 3.8) is 0 Å². The molecule has 0 spiro atoms. The second kappa shape index (κ2) is 4.64. The van der Waals surface area contributed by atoms with E-state index in [9.17, 15) is 0 Å². The molecule has 0 unspecified atom stereocenters. The summed E-state index contributed by atoms with van der Waals surface area (Å²) in [5.74, 6) is 1.12. The maximum Gasteiger partial charge on any atom is 0.220 e. The summed E-state index contributed by atoms with van der Waals surface area (Å²) in [6.45, 7) is 5.97. The number of hydrogen-bond acceptors (Lipinski definition) is 4. The van der Waals surface area contributed by atoms with Crippen LogP contribution in [0.25, 0.3) is 11.3 Å². The number of benzene rings is 1. The molecule has 1 heterocycles. The van der Waals surface area contributed by atoms with Gasteiger partial charge in [-0.1, -0.05) is 6.07 Å². The molecular formula is C14H17N3O. The molecule has 1 aromatic heterocycles. The summed E-state index contributed by atoms with van der Waals surface area (Å²) < 4.78 is 5.46. The van der Waals surface area contributed by atoms with Gasteiger partial charge < -0.3 is 10.5 Å². The second-order valence-corrected chi connectivity index (χ2v) is 4.42. The maximum absolute atomic E-state index is 5.70. The van der Waals surface area contributed by atoms with E-state index >= 15 is 0 Å². The van der Waals surface area contributed by atoms with Gasteiger partial charge in [0.2, 0.25) is 5.95 Å². The molecule has 0 saturated carbocycles. The Bertz CT molecular complexity index is 574. The van der Waals surface area contributed by atoms with E-state index in [1.807, 2.05) is 32.9 Å². The zero-order valence-corrected chi connectivity index (χ0v) is 11.1. The van der Waals surface area contributed by atoms with E-state index in [1.165, 1.54) is 0 Å². The van der Waals surface area contributed by atoms with Crippen molar-refractivity contribution in [2.45, 2.75) is 20.8 Å². The quantitative estimate of drug-likeness (QED) is 0.880. The third-order valence-corrected chi connectivity index (χ3v) is 2.77. The van der Waals surface area contributed by atoms with Gasteiger partial charge in [-0.25, -0.2) is 9.97 Å². The smallest absolute Gasteiger partial charge is 0.220 e. The molecule has 0 aliphatic heterocycles. The molecule has 0 atom stereocenters. The Balaban J connectivity index is 2.69. The summed E-state index contributed by atoms with van der Waals surface area (Å²) in [7, 11) is 1.67. The van der Waals surface area contributed by atoms with Crippen molar-refractivity contribution in [1.29, 1.82) is 0 Å². The van der Waals surface area contributed by atoms with Crippen LogP contribution in [0.4, 0.5) is 5.95 Å². The van der Waals surface area contributed by atoms with Gasteiger partial charge in [0.25, 0.3) is 0 Å². The van der Waals surface area contributed by atoms with Crippen molar-refractivity contribution in [3.05, 3.63) is 35.0 Å². The number of aromatic nitrogens is 2. The number of aryl methyl sites for hydroxylation is 3. The SMILES string of the molecule is COc1c(C)cc(C)cc1-c1cc(C)nc(N)n1. The molecule has 0 bridgehead atoms. The van der Waals surface area contributed by atoms with Gasteiger partial charge in [-0.15, -0.1) is 0 Å². The van der Waals surface area contributed by atoms with Crippen LogP contribution in [-0.4, -0.2) is 17.1 Å². The third-order valence-electron chi connectivity index (χ3n) is 2.77. The first-order valence-electron chi connectivity index (χ1n) is 5.78. The molecule has 2 aromatic rings. The highest BCUT2D eigenvalue weighted by Crippen LogP contribution is 2.33. The number of nitrogen functional groups attached to an aromatic ring is 1. The van der Waals surface area contributed by atoms with Crippen molar-refractivity contribution in [2.75, 3.05) is 12.8 Å². The first-order chi connectivity index (χ1) is 8.51. The Morgan fingerprint density at radius 1 is 1.06 bits per heavy atom. The molecule has 0 aliphatic rings. The van der Waals surface area contributed by atoms with Crippen LogP contribution in [0.3, 0.4) is 0 Å². The Kier molecular flexibility index (Phi) is 3.19. The first-order valence-corrected chi connectivity index (χ1v) is 5.78. The molecule has 0 aliphatic carbocycles. The summed E-state index contributed by atoms with van der Waals surface area (Å²) in [5.41, 5.74) is 10.5. The molecule has 0 fully saturated rings. The van der Waals surface area contributed by atoms with Gasteiger partial charge in [0, 0.05) is 11.3 Å². The number of nitrogens with two attached hydrogens (primary N) is 1. The lowest BCUT2D eigenvalue weighted by Gasteiger charge is -2.13. The number of methoxy groups -OCH3 is 1. The summed E-state index contributed by atoms with van der Waals surface area (Å²) in [6, 6.07) is 6.04. The van der Waals surface area contributed by atoms with E-state index < -0.39 is 0 Å². The standard InChI is InChI=1S/C14H17N3O/c1-8-5-9(2)13(18-4)11(6-8)12-7-10(3)16-14(15)17-12/h5-7H,1-4H3,(H2,15,16,17). The predicted molar refractivity (Wildman–Crippen MR) is 72.6 cm³/mol. The average Bonchev–Trinajstić information content (AvgIpc) is 2.26. The minimum Gasteiger partial charge on any atom is -0.496 e. The fourth-order valence-electron chi connectivity index (χ4n) is 2.15. The molecule has 0 saturated heterocycles. The fourth-order valence-corrected chi connectivity index (χ4v) is 2.15. The van der Waals surface area contributed by atoms with Gasteiger partial charge in [0.05, 0.1) is 12.8 Å². The van der Waals surface area contributed by atoms with Gasteiger partial charge in [0.15, 0.2) is 0 Å². The number of rotatable bonds is 2. The van der Waals surface area contributed by atoms with Crippen LogP contribution in [0, 0.1) is 20.8 Å². The maximum atomic E-state index is 5.70. The lowest BCUT2D eigenvalue weighted by molar-refractivity contribution is 0.413. The van der Waals surface area contributed by atoms with Crippen LogP contribution in [0.1, 0.15) is 16.8 Å². The van der Waals surface area contributed by atoms with Gasteiger partial charge in [-0.05, 0) is 44.0 Å². The highest BCUT2D eigenvalue weighted by atomic mass is 16.5. The minimum atomic E-state index is 0.284. The highest BCUT2D eigenvalue weighted by Gasteiger charge is 2.12. The van der Waals surface area contributed by atoms with E-state index in [0.29, 0.717) is 0 Å². The number of hydrogen-bond donors (Lipinski definition) is 1. The molecule has 4 nitrogen and oxygen atoms in total. The highest BCUT2D eigenvalue weighted by molar-refractivity contribution is 5.71. The average molecular weight is 243 g/mol. The Morgan fingerprint density at radius 3 is 2.39 bits per heavy atom. The van der Waals surface area contributed by atoms with E-state index in [4.69, 9.17) is 10.5 Å². The van der Waals surface area contributed by atoms with Crippen LogP contribution in [-0.2, 0) is 0 Å². The third kappa shape index (κ3) is 2.27. The predicted octanol–water partition coefficient (Wildman–Crippen LogP) is 2.66. The monoisotopic (exact) mass is 243 g/mol. The van der Waals surface area contributed by atoms with Crippen molar-refractivity contribution >= 4 is 5.95 Å². The largest absolute Gasteiger partial charge is 0.496 e. The lowest BCUT2D eigenvalue weighted by atomic mass is 10.0. The number of ether oxygens (including phenoxy) is 1. The van der Waals surface area contributed by atoms with Gasteiger partial charge >= 0.3 is 0 Å². The summed E-state index contributed by atoms with van der Waals surface area (Å²) in [6.07, 6.45) is 0. The molecule has 2 rings (SSSR count). The van der Waals surface area contributed by atoms with E-state index in [0.717, 1.165) is 33.8 Å². The van der Waals surface area contributed by atoms with Crippen LogP contribution in [0.2, 0.25) is 0 Å². The van der Waals surface area contributed by atoms with Crippen molar-refractivity contribution in [3.8, 4) is 17.0 Å². The van der Waals surface area contributed by atoms with E-state index in [-0.39, 0.29) is 5.95 Å². The van der Waals surface area contributed by atoms with Crippen LogP contribution < -0.4 is 10.5 Å². The molecule has 0 radical (unpaired) electrons. The molecule has 2 N–H and O–H groups in total. The molecule has 4 heteroatoms. The Labute approximate surface area is 107 Å². The van der Waals surface area contributed by atoms with Crippen molar-refractivity contribution < 1.29 is 4.74 Å². The van der Waals surface area contributed by atoms with Gasteiger partial charge in [-0.3, -0.25) is 0 Å². The zero-order chi connectivity index (χ0) is 13.3. The Hall–Kier alpha value is -2.10. The molecule has 0 amide bonds. The topological polar surface area (TPSA) is 61.0 Å². The van der Waals surface area contributed by atoms with Gasteiger partial charge in [0.1, 0.15) is 5.75 Å². The number of nitrogens with zero attached hydrogens (tertiary/aromatic N) is 2. The van der Waals surface area contributed by atoms with E-state index in [1.54, 1.807) is 7.11 Å². The molecule has 1 aromatic carbocycles. The summed E-state index contributed by atoms with van der Waals surface area (Å²) >= 11 is 0. The number of anilines is 1. The van der Waals surface area contributed by atoms with E-state index in [2.05, 4.69) is 16.0 Å². The van der Waals surface area contributed by atoms with Crippen molar-refractivity contribution in [2.24, 2.45) is 0 Å². The van der Waals surface area contributed by atoms with Crippen LogP contribution in [0.5, 0.6) is 5.75 Å². The van der Waals surface area contributed by atoms with Gasteiger partial charge in [-0.2, -0.15) is 0 Å². The van der Waals surface area contributed by atoms with Crippen LogP contribution >= 0.6 is 0 Å². The van der Waals surface area contributed by atoms with Crippen LogP contribution in [0.15, 0.2) is 18.2 Å². The fraction of sp³-hybridized carbons (Fsp3) is 0.286. The normalized spacial score (nSPS) is 10.4. The lowest BCUT2D eigenvalue weighted by Crippen LogP contribution is -2.00.